The van der Waals surface area contributed by atoms with Gasteiger partial charge in [-0.15, -0.1) is 10.2 Å². The second-order valence-electron chi connectivity index (χ2n) is 4.53. The largest absolute Gasteiger partial charge is 0.388 e. The van der Waals surface area contributed by atoms with Crippen molar-refractivity contribution in [2.24, 2.45) is 0 Å². The molecule has 0 spiro atoms. The average molecular weight is 284 g/mol. The first-order chi connectivity index (χ1) is 9.04. The molecule has 102 valence electrons. The summed E-state index contributed by atoms with van der Waals surface area (Å²) < 4.78 is 15.6. The number of aliphatic hydroxyl groups is 1. The van der Waals surface area contributed by atoms with Gasteiger partial charge in [-0.3, -0.25) is 0 Å². The van der Waals surface area contributed by atoms with E-state index in [1.807, 2.05) is 13.8 Å². The summed E-state index contributed by atoms with van der Waals surface area (Å²) in [6, 6.07) is 4.65. The Hall–Kier alpha value is -1.46. The van der Waals surface area contributed by atoms with E-state index in [0.29, 0.717) is 22.2 Å². The zero-order valence-corrected chi connectivity index (χ0v) is 11.5. The molecule has 2 aromatic rings. The van der Waals surface area contributed by atoms with Gasteiger partial charge in [0.1, 0.15) is 18.2 Å². The summed E-state index contributed by atoms with van der Waals surface area (Å²) in [4.78, 5) is 0. The number of hydrogen-bond donors (Lipinski definition) is 1. The van der Waals surface area contributed by atoms with E-state index in [2.05, 4.69) is 10.2 Å². The molecule has 0 aliphatic heterocycles. The van der Waals surface area contributed by atoms with Gasteiger partial charge in [-0.1, -0.05) is 17.7 Å². The molecule has 1 N–H and O–H groups in total. The van der Waals surface area contributed by atoms with E-state index >= 15 is 0 Å². The van der Waals surface area contributed by atoms with Crippen molar-refractivity contribution in [3.8, 4) is 0 Å². The van der Waals surface area contributed by atoms with E-state index in [9.17, 15) is 9.50 Å². The topological polar surface area (TPSA) is 50.9 Å². The third-order valence-electron chi connectivity index (χ3n) is 2.89. The maximum absolute atomic E-state index is 13.8. The third kappa shape index (κ3) is 2.77. The van der Waals surface area contributed by atoms with Crippen molar-refractivity contribution in [1.29, 1.82) is 0 Å². The van der Waals surface area contributed by atoms with Gasteiger partial charge in [0.15, 0.2) is 5.82 Å². The Morgan fingerprint density at radius 1 is 1.32 bits per heavy atom. The van der Waals surface area contributed by atoms with Gasteiger partial charge in [-0.05, 0) is 26.0 Å². The van der Waals surface area contributed by atoms with Crippen LogP contribution in [0.4, 0.5) is 4.39 Å². The van der Waals surface area contributed by atoms with Gasteiger partial charge in [0, 0.05) is 23.0 Å². The highest BCUT2D eigenvalue weighted by atomic mass is 35.5. The Bertz CT molecular complexity index is 563. The Labute approximate surface area is 115 Å². The standard InChI is InChI=1S/C13H15ClFN3O/c1-8(2)18-12(16-17-13(18)7-19)6-9-10(14)4-3-5-11(9)15/h3-5,8,19H,6-7H2,1-2H3. The minimum absolute atomic E-state index is 0.0812. The van der Waals surface area contributed by atoms with Crippen LogP contribution >= 0.6 is 11.6 Å². The molecule has 1 heterocycles. The predicted octanol–water partition coefficient (Wildman–Crippen LogP) is 2.73. The fourth-order valence-electron chi connectivity index (χ4n) is 2.04. The number of hydrogen-bond acceptors (Lipinski definition) is 3. The van der Waals surface area contributed by atoms with Crippen molar-refractivity contribution in [1.82, 2.24) is 14.8 Å². The lowest BCUT2D eigenvalue weighted by atomic mass is 10.1. The number of benzene rings is 1. The molecular formula is C13H15ClFN3O. The van der Waals surface area contributed by atoms with Crippen molar-refractivity contribution in [3.05, 3.63) is 46.3 Å². The molecule has 4 nitrogen and oxygen atoms in total. The highest BCUT2D eigenvalue weighted by molar-refractivity contribution is 6.31. The van der Waals surface area contributed by atoms with Crippen LogP contribution in [0, 0.1) is 5.82 Å². The van der Waals surface area contributed by atoms with Crippen LogP contribution in [-0.4, -0.2) is 19.9 Å². The average Bonchev–Trinajstić information content (AvgIpc) is 2.77. The summed E-state index contributed by atoms with van der Waals surface area (Å²) in [5.41, 5.74) is 0.392. The van der Waals surface area contributed by atoms with Crippen LogP contribution in [-0.2, 0) is 13.0 Å². The molecule has 0 radical (unpaired) electrons. The Balaban J connectivity index is 2.41. The first kappa shape index (κ1) is 14.0. The maximum Gasteiger partial charge on any atom is 0.159 e. The number of rotatable bonds is 4. The fraction of sp³-hybridized carbons (Fsp3) is 0.385. The zero-order chi connectivity index (χ0) is 14.0. The van der Waals surface area contributed by atoms with Crippen molar-refractivity contribution in [3.63, 3.8) is 0 Å². The molecule has 0 fully saturated rings. The summed E-state index contributed by atoms with van der Waals surface area (Å²) in [7, 11) is 0. The van der Waals surface area contributed by atoms with Crippen LogP contribution in [0.5, 0.6) is 0 Å². The Morgan fingerprint density at radius 2 is 2.00 bits per heavy atom. The van der Waals surface area contributed by atoms with E-state index in [0.717, 1.165) is 0 Å². The van der Waals surface area contributed by atoms with Gasteiger partial charge in [0.25, 0.3) is 0 Å². The van der Waals surface area contributed by atoms with Crippen molar-refractivity contribution in [2.45, 2.75) is 32.9 Å². The molecule has 1 aromatic heterocycles. The summed E-state index contributed by atoms with van der Waals surface area (Å²) >= 11 is 6.01. The first-order valence-electron chi connectivity index (χ1n) is 6.01. The molecule has 0 aliphatic rings. The minimum Gasteiger partial charge on any atom is -0.388 e. The minimum atomic E-state index is -0.364. The Morgan fingerprint density at radius 3 is 2.58 bits per heavy atom. The van der Waals surface area contributed by atoms with Gasteiger partial charge >= 0.3 is 0 Å². The lowest BCUT2D eigenvalue weighted by Crippen LogP contribution is -2.11. The Kier molecular flexibility index (Phi) is 4.17. The number of aliphatic hydroxyl groups excluding tert-OH is 1. The van der Waals surface area contributed by atoms with Crippen LogP contribution in [0.15, 0.2) is 18.2 Å². The molecule has 1 aromatic carbocycles. The molecule has 6 heteroatoms. The van der Waals surface area contributed by atoms with E-state index in [-0.39, 0.29) is 24.9 Å². The van der Waals surface area contributed by atoms with Crippen molar-refractivity contribution in [2.75, 3.05) is 0 Å². The lowest BCUT2D eigenvalue weighted by Gasteiger charge is -2.13. The highest BCUT2D eigenvalue weighted by Crippen LogP contribution is 2.23. The molecule has 0 atom stereocenters. The van der Waals surface area contributed by atoms with E-state index in [1.165, 1.54) is 6.07 Å². The fourth-order valence-corrected chi connectivity index (χ4v) is 2.27. The number of nitrogens with zero attached hydrogens (tertiary/aromatic N) is 3. The highest BCUT2D eigenvalue weighted by Gasteiger charge is 2.17. The van der Waals surface area contributed by atoms with Crippen LogP contribution in [0.3, 0.4) is 0 Å². The van der Waals surface area contributed by atoms with E-state index in [4.69, 9.17) is 11.6 Å². The number of aromatic nitrogens is 3. The van der Waals surface area contributed by atoms with Crippen LogP contribution < -0.4 is 0 Å². The summed E-state index contributed by atoms with van der Waals surface area (Å²) in [5, 5.41) is 17.5. The number of halogens is 2. The third-order valence-corrected chi connectivity index (χ3v) is 3.25. The first-order valence-corrected chi connectivity index (χ1v) is 6.38. The normalized spacial score (nSPS) is 11.3. The molecule has 2 rings (SSSR count). The van der Waals surface area contributed by atoms with Gasteiger partial charge in [-0.2, -0.15) is 0 Å². The zero-order valence-electron chi connectivity index (χ0n) is 10.8. The second-order valence-corrected chi connectivity index (χ2v) is 4.94. The second kappa shape index (κ2) is 5.67. The molecule has 0 aliphatic carbocycles. The van der Waals surface area contributed by atoms with Crippen LogP contribution in [0.1, 0.15) is 37.1 Å². The SMILES string of the molecule is CC(C)n1c(CO)nnc1Cc1c(F)cccc1Cl. The molecular weight excluding hydrogens is 269 g/mol. The lowest BCUT2D eigenvalue weighted by molar-refractivity contribution is 0.261. The van der Waals surface area contributed by atoms with Gasteiger partial charge < -0.3 is 9.67 Å². The molecule has 0 saturated heterocycles. The van der Waals surface area contributed by atoms with Crippen LogP contribution in [0.2, 0.25) is 5.02 Å². The van der Waals surface area contributed by atoms with Crippen molar-refractivity contribution >= 4 is 11.6 Å². The summed E-state index contributed by atoms with van der Waals surface area (Å²) in [5.74, 6) is 0.694. The predicted molar refractivity (Wildman–Crippen MR) is 70.5 cm³/mol. The monoisotopic (exact) mass is 283 g/mol. The maximum atomic E-state index is 13.8. The molecule has 0 bridgehead atoms. The smallest absolute Gasteiger partial charge is 0.159 e. The van der Waals surface area contributed by atoms with Crippen LogP contribution in [0.25, 0.3) is 0 Å². The van der Waals surface area contributed by atoms with E-state index in [1.54, 1.807) is 16.7 Å². The molecule has 0 saturated carbocycles. The molecule has 0 unspecified atom stereocenters. The molecule has 0 amide bonds. The van der Waals surface area contributed by atoms with Gasteiger partial charge in [-0.25, -0.2) is 4.39 Å². The summed E-state index contributed by atoms with van der Waals surface area (Å²) in [6.07, 6.45) is 0.247. The van der Waals surface area contributed by atoms with E-state index < -0.39 is 0 Å². The van der Waals surface area contributed by atoms with Gasteiger partial charge in [0.2, 0.25) is 0 Å². The quantitative estimate of drug-likeness (QED) is 0.939. The summed E-state index contributed by atoms with van der Waals surface area (Å²) in [6.45, 7) is 3.71. The van der Waals surface area contributed by atoms with Crippen molar-refractivity contribution < 1.29 is 9.50 Å². The van der Waals surface area contributed by atoms with Gasteiger partial charge in [0.05, 0.1) is 0 Å². The molecule has 19 heavy (non-hydrogen) atoms.